The third-order valence-corrected chi connectivity index (χ3v) is 5.08. The highest BCUT2D eigenvalue weighted by molar-refractivity contribution is 5.04. The first-order chi connectivity index (χ1) is 8.60. The van der Waals surface area contributed by atoms with Crippen molar-refractivity contribution in [3.63, 3.8) is 0 Å². The minimum Gasteiger partial charge on any atom is -0.383 e. The van der Waals surface area contributed by atoms with Crippen LogP contribution in [0.2, 0.25) is 0 Å². The molecule has 0 aromatic rings. The van der Waals surface area contributed by atoms with E-state index in [0.717, 1.165) is 31.5 Å². The number of hydrogen-bond acceptors (Lipinski definition) is 3. The van der Waals surface area contributed by atoms with Gasteiger partial charge in [0.15, 0.2) is 0 Å². The Bertz CT molecular complexity index is 267. The molecule has 0 aromatic heterocycles. The van der Waals surface area contributed by atoms with Crippen molar-refractivity contribution in [1.82, 2.24) is 10.2 Å². The average molecular weight is 254 g/mol. The highest BCUT2D eigenvalue weighted by Crippen LogP contribution is 2.41. The maximum Gasteiger partial charge on any atom is 0.0589 e. The molecule has 1 saturated heterocycles. The van der Waals surface area contributed by atoms with Crippen molar-refractivity contribution < 1.29 is 4.74 Å². The molecule has 18 heavy (non-hydrogen) atoms. The molecule has 2 fully saturated rings. The van der Waals surface area contributed by atoms with E-state index in [1.165, 1.54) is 25.8 Å². The lowest BCUT2D eigenvalue weighted by Gasteiger charge is -2.48. The fourth-order valence-corrected chi connectivity index (χ4v) is 3.34. The molecule has 1 heterocycles. The van der Waals surface area contributed by atoms with Crippen LogP contribution in [0, 0.1) is 11.8 Å². The molecule has 3 heteroatoms. The summed E-state index contributed by atoms with van der Waals surface area (Å²) < 4.78 is 5.29. The van der Waals surface area contributed by atoms with Crippen LogP contribution in [0.15, 0.2) is 0 Å². The zero-order valence-electron chi connectivity index (χ0n) is 12.5. The molecule has 0 radical (unpaired) electrons. The first kappa shape index (κ1) is 14.3. The predicted molar refractivity (Wildman–Crippen MR) is 75.8 cm³/mol. The third-order valence-electron chi connectivity index (χ3n) is 5.08. The quantitative estimate of drug-likeness (QED) is 0.786. The average Bonchev–Trinajstić information content (AvgIpc) is 3.20. The largest absolute Gasteiger partial charge is 0.383 e. The molecule has 0 amide bonds. The molecule has 1 saturated carbocycles. The third kappa shape index (κ3) is 3.06. The highest BCUT2D eigenvalue weighted by atomic mass is 16.5. The number of nitrogens with zero attached hydrogens (tertiary/aromatic N) is 1. The second-order valence-corrected chi connectivity index (χ2v) is 6.49. The van der Waals surface area contributed by atoms with Crippen LogP contribution in [-0.4, -0.2) is 49.8 Å². The summed E-state index contributed by atoms with van der Waals surface area (Å²) in [6, 6.07) is 0.678. The van der Waals surface area contributed by atoms with E-state index in [9.17, 15) is 0 Å². The minimum atomic E-state index is 0.345. The number of methoxy groups -OCH3 is 1. The highest BCUT2D eigenvalue weighted by Gasteiger charge is 2.46. The Morgan fingerprint density at radius 1 is 1.44 bits per heavy atom. The molecule has 3 atom stereocenters. The van der Waals surface area contributed by atoms with E-state index < -0.39 is 0 Å². The fourth-order valence-electron chi connectivity index (χ4n) is 3.34. The van der Waals surface area contributed by atoms with Crippen molar-refractivity contribution in [1.29, 1.82) is 0 Å². The Kier molecular flexibility index (Phi) is 4.68. The molecular weight excluding hydrogens is 224 g/mol. The Hall–Kier alpha value is -0.120. The molecule has 2 rings (SSSR count). The molecule has 2 aliphatic rings. The van der Waals surface area contributed by atoms with Gasteiger partial charge >= 0.3 is 0 Å². The van der Waals surface area contributed by atoms with E-state index in [1.807, 2.05) is 0 Å². The molecule has 1 N–H and O–H groups in total. The van der Waals surface area contributed by atoms with Crippen molar-refractivity contribution in [2.45, 2.75) is 51.6 Å². The van der Waals surface area contributed by atoms with E-state index in [1.54, 1.807) is 7.11 Å². The number of piperazine rings is 1. The van der Waals surface area contributed by atoms with E-state index in [4.69, 9.17) is 4.74 Å². The lowest BCUT2D eigenvalue weighted by molar-refractivity contribution is 0.0283. The Labute approximate surface area is 112 Å². The van der Waals surface area contributed by atoms with Gasteiger partial charge in [-0.2, -0.15) is 0 Å². The van der Waals surface area contributed by atoms with Crippen molar-refractivity contribution in [2.24, 2.45) is 11.8 Å². The Morgan fingerprint density at radius 2 is 2.17 bits per heavy atom. The summed E-state index contributed by atoms with van der Waals surface area (Å²) in [6.45, 7) is 11.4. The topological polar surface area (TPSA) is 24.5 Å². The fraction of sp³-hybridized carbons (Fsp3) is 1.00. The summed E-state index contributed by atoms with van der Waals surface area (Å²) in [5.74, 6) is 1.67. The van der Waals surface area contributed by atoms with Crippen LogP contribution in [0.25, 0.3) is 0 Å². The monoisotopic (exact) mass is 254 g/mol. The normalized spacial score (nSPS) is 35.7. The van der Waals surface area contributed by atoms with Crippen molar-refractivity contribution in [3.05, 3.63) is 0 Å². The van der Waals surface area contributed by atoms with E-state index >= 15 is 0 Å². The number of hydrogen-bond donors (Lipinski definition) is 1. The summed E-state index contributed by atoms with van der Waals surface area (Å²) in [7, 11) is 1.81. The van der Waals surface area contributed by atoms with Crippen LogP contribution in [0.5, 0.6) is 0 Å². The maximum absolute atomic E-state index is 5.29. The van der Waals surface area contributed by atoms with Crippen LogP contribution < -0.4 is 5.32 Å². The number of nitrogens with one attached hydrogen (secondary N) is 1. The van der Waals surface area contributed by atoms with E-state index in [0.29, 0.717) is 11.6 Å². The molecule has 1 aliphatic carbocycles. The second-order valence-electron chi connectivity index (χ2n) is 6.49. The van der Waals surface area contributed by atoms with Gasteiger partial charge in [0.1, 0.15) is 0 Å². The maximum atomic E-state index is 5.29. The first-order valence-electron chi connectivity index (χ1n) is 7.58. The molecule has 3 unspecified atom stereocenters. The molecule has 3 nitrogen and oxygen atoms in total. The molecule has 0 aromatic carbocycles. The van der Waals surface area contributed by atoms with Gasteiger partial charge < -0.3 is 10.1 Å². The van der Waals surface area contributed by atoms with Crippen LogP contribution in [0.3, 0.4) is 0 Å². The van der Waals surface area contributed by atoms with Gasteiger partial charge in [0.25, 0.3) is 0 Å². The summed E-state index contributed by atoms with van der Waals surface area (Å²) in [5.41, 5.74) is 0.345. The molecule has 0 spiro atoms. The number of ether oxygens (including phenoxy) is 1. The smallest absolute Gasteiger partial charge is 0.0589 e. The van der Waals surface area contributed by atoms with Crippen LogP contribution >= 0.6 is 0 Å². The zero-order chi connectivity index (χ0) is 13.2. The van der Waals surface area contributed by atoms with Crippen LogP contribution in [-0.2, 0) is 4.74 Å². The number of rotatable bonds is 6. The van der Waals surface area contributed by atoms with Crippen molar-refractivity contribution in [3.8, 4) is 0 Å². The van der Waals surface area contributed by atoms with Gasteiger partial charge in [0.05, 0.1) is 6.61 Å². The standard InChI is InChI=1S/C15H30N2O/c1-5-12(2)14-10-16-15(3,13-6-7-13)11-17(14)8-9-18-4/h12-14,16H,5-11H2,1-4H3. The van der Waals surface area contributed by atoms with Gasteiger partial charge in [-0.25, -0.2) is 0 Å². The van der Waals surface area contributed by atoms with Gasteiger partial charge in [-0.05, 0) is 31.6 Å². The summed E-state index contributed by atoms with van der Waals surface area (Å²) >= 11 is 0. The molecule has 1 aliphatic heterocycles. The predicted octanol–water partition coefficient (Wildman–Crippen LogP) is 2.12. The summed E-state index contributed by atoms with van der Waals surface area (Å²) in [6.07, 6.45) is 4.08. The second kappa shape index (κ2) is 5.89. The first-order valence-corrected chi connectivity index (χ1v) is 7.58. The molecule has 0 bridgehead atoms. The molecule has 106 valence electrons. The summed E-state index contributed by atoms with van der Waals surface area (Å²) in [5, 5.41) is 3.85. The van der Waals surface area contributed by atoms with Gasteiger partial charge in [-0.3, -0.25) is 4.90 Å². The lowest BCUT2D eigenvalue weighted by atomic mass is 9.87. The molecular formula is C15H30N2O. The Morgan fingerprint density at radius 3 is 2.72 bits per heavy atom. The summed E-state index contributed by atoms with van der Waals surface area (Å²) in [4.78, 5) is 2.67. The van der Waals surface area contributed by atoms with Crippen LogP contribution in [0.4, 0.5) is 0 Å². The van der Waals surface area contributed by atoms with Gasteiger partial charge in [0, 0.05) is 38.3 Å². The Balaban J connectivity index is 1.99. The SMILES string of the molecule is CCC(C)C1CNC(C)(C2CC2)CN1CCOC. The van der Waals surface area contributed by atoms with Gasteiger partial charge in [-0.15, -0.1) is 0 Å². The van der Waals surface area contributed by atoms with Crippen molar-refractivity contribution >= 4 is 0 Å². The van der Waals surface area contributed by atoms with E-state index in [2.05, 4.69) is 31.0 Å². The minimum absolute atomic E-state index is 0.345. The van der Waals surface area contributed by atoms with Gasteiger partial charge in [0.2, 0.25) is 0 Å². The van der Waals surface area contributed by atoms with Crippen LogP contribution in [0.1, 0.15) is 40.0 Å². The van der Waals surface area contributed by atoms with Gasteiger partial charge in [-0.1, -0.05) is 20.3 Å². The van der Waals surface area contributed by atoms with E-state index in [-0.39, 0.29) is 0 Å². The zero-order valence-corrected chi connectivity index (χ0v) is 12.5. The van der Waals surface area contributed by atoms with Crippen molar-refractivity contribution in [2.75, 3.05) is 33.4 Å². The lowest BCUT2D eigenvalue weighted by Crippen LogP contribution is -2.65.